The Morgan fingerprint density at radius 3 is 2.85 bits per heavy atom. The first-order valence-electron chi connectivity index (χ1n) is 8.82. The molecular formula is C20H20N2O3S. The maximum absolute atomic E-state index is 12.2. The number of fused-ring (bicyclic) bond motifs is 2. The zero-order valence-corrected chi connectivity index (χ0v) is 15.2. The number of carbonyl (C=O) groups excluding carboxylic acids is 1. The predicted octanol–water partition coefficient (Wildman–Crippen LogP) is 4.42. The molecule has 0 saturated heterocycles. The summed E-state index contributed by atoms with van der Waals surface area (Å²) in [5.74, 6) is 1.42. The summed E-state index contributed by atoms with van der Waals surface area (Å²) in [6.45, 7) is 1.29. The molecule has 4 rings (SSSR count). The van der Waals surface area contributed by atoms with Gasteiger partial charge in [0.25, 0.3) is 0 Å². The highest BCUT2D eigenvalue weighted by Gasteiger charge is 2.12. The molecule has 2 heterocycles. The highest BCUT2D eigenvalue weighted by Crippen LogP contribution is 2.32. The molecule has 1 aromatic heterocycles. The summed E-state index contributed by atoms with van der Waals surface area (Å²) < 4.78 is 12.5. The van der Waals surface area contributed by atoms with Crippen molar-refractivity contribution < 1.29 is 14.3 Å². The van der Waals surface area contributed by atoms with Crippen LogP contribution < -0.4 is 14.8 Å². The Morgan fingerprint density at radius 1 is 1.12 bits per heavy atom. The first kappa shape index (κ1) is 16.8. The van der Waals surface area contributed by atoms with Crippen molar-refractivity contribution in [3.05, 3.63) is 47.5 Å². The van der Waals surface area contributed by atoms with Gasteiger partial charge >= 0.3 is 0 Å². The minimum atomic E-state index is 0.000557. The second-order valence-electron chi connectivity index (χ2n) is 6.19. The van der Waals surface area contributed by atoms with E-state index >= 15 is 0 Å². The Balaban J connectivity index is 1.30. The minimum absolute atomic E-state index is 0.000557. The molecule has 3 aromatic rings. The van der Waals surface area contributed by atoms with Crippen molar-refractivity contribution in [1.82, 2.24) is 4.98 Å². The van der Waals surface area contributed by atoms with Crippen LogP contribution in [0.25, 0.3) is 10.2 Å². The van der Waals surface area contributed by atoms with E-state index in [9.17, 15) is 4.79 Å². The van der Waals surface area contributed by atoms with Crippen molar-refractivity contribution in [2.75, 3.05) is 18.5 Å². The number of hydrogen-bond acceptors (Lipinski definition) is 5. The van der Waals surface area contributed by atoms with Crippen LogP contribution in [0.15, 0.2) is 42.5 Å². The lowest BCUT2D eigenvalue weighted by atomic mass is 10.2. The van der Waals surface area contributed by atoms with Gasteiger partial charge in [-0.05, 0) is 37.1 Å². The Kier molecular flexibility index (Phi) is 5.02. The fraction of sp³-hybridized carbons (Fsp3) is 0.300. The Hall–Kier alpha value is -2.60. The molecule has 1 aliphatic rings. The number of rotatable bonds is 5. The van der Waals surface area contributed by atoms with Crippen molar-refractivity contribution >= 4 is 33.1 Å². The van der Waals surface area contributed by atoms with Gasteiger partial charge in [-0.1, -0.05) is 12.1 Å². The molecule has 0 unspecified atom stereocenters. The van der Waals surface area contributed by atoms with E-state index in [4.69, 9.17) is 9.47 Å². The number of anilines is 1. The summed E-state index contributed by atoms with van der Waals surface area (Å²) in [5, 5.41) is 4.01. The maximum atomic E-state index is 12.2. The van der Waals surface area contributed by atoms with Crippen LogP contribution in [0, 0.1) is 0 Å². The molecule has 0 spiro atoms. The van der Waals surface area contributed by atoms with Crippen LogP contribution in [0.1, 0.15) is 24.3 Å². The highest BCUT2D eigenvalue weighted by molar-refractivity contribution is 7.18. The Morgan fingerprint density at radius 2 is 1.96 bits per heavy atom. The molecular weight excluding hydrogens is 348 g/mol. The number of nitrogens with zero attached hydrogens (tertiary/aromatic N) is 1. The van der Waals surface area contributed by atoms with E-state index in [0.29, 0.717) is 25.4 Å². The number of ether oxygens (including phenoxy) is 2. The molecule has 0 fully saturated rings. The quantitative estimate of drug-likeness (QED) is 0.724. The number of hydrogen-bond donors (Lipinski definition) is 1. The number of para-hydroxylation sites is 1. The summed E-state index contributed by atoms with van der Waals surface area (Å²) in [6, 6.07) is 13.6. The molecule has 1 N–H and O–H groups in total. The smallest absolute Gasteiger partial charge is 0.224 e. The maximum Gasteiger partial charge on any atom is 0.224 e. The van der Waals surface area contributed by atoms with Crippen LogP contribution in [0.4, 0.5) is 5.69 Å². The van der Waals surface area contributed by atoms with Crippen molar-refractivity contribution in [3.8, 4) is 11.5 Å². The number of amides is 1. The van der Waals surface area contributed by atoms with E-state index in [2.05, 4.69) is 16.4 Å². The lowest BCUT2D eigenvalue weighted by molar-refractivity contribution is -0.116. The first-order valence-corrected chi connectivity index (χ1v) is 9.63. The van der Waals surface area contributed by atoms with Crippen LogP contribution in [0.2, 0.25) is 0 Å². The zero-order chi connectivity index (χ0) is 17.8. The van der Waals surface area contributed by atoms with Crippen molar-refractivity contribution in [1.29, 1.82) is 0 Å². The number of aromatic nitrogens is 1. The van der Waals surface area contributed by atoms with Crippen LogP contribution in [-0.4, -0.2) is 24.1 Å². The summed E-state index contributed by atoms with van der Waals surface area (Å²) in [7, 11) is 0. The molecule has 26 heavy (non-hydrogen) atoms. The fourth-order valence-electron chi connectivity index (χ4n) is 2.89. The second kappa shape index (κ2) is 7.74. The highest BCUT2D eigenvalue weighted by atomic mass is 32.1. The van der Waals surface area contributed by atoms with Gasteiger partial charge in [-0.3, -0.25) is 4.79 Å². The zero-order valence-electron chi connectivity index (χ0n) is 14.4. The normalized spacial score (nSPS) is 13.4. The monoisotopic (exact) mass is 368 g/mol. The first-order chi connectivity index (χ1) is 12.8. The van der Waals surface area contributed by atoms with Crippen LogP contribution in [0.3, 0.4) is 0 Å². The van der Waals surface area contributed by atoms with Gasteiger partial charge in [-0.25, -0.2) is 4.98 Å². The number of benzene rings is 2. The van der Waals surface area contributed by atoms with Gasteiger partial charge in [0.2, 0.25) is 5.91 Å². The Labute approximate surface area is 156 Å². The van der Waals surface area contributed by atoms with Crippen LogP contribution >= 0.6 is 11.3 Å². The lowest BCUT2D eigenvalue weighted by Gasteiger charge is -2.10. The van der Waals surface area contributed by atoms with Gasteiger partial charge in [-0.15, -0.1) is 11.3 Å². The van der Waals surface area contributed by atoms with Crippen molar-refractivity contribution in [2.24, 2.45) is 0 Å². The van der Waals surface area contributed by atoms with E-state index < -0.39 is 0 Å². The molecule has 0 radical (unpaired) electrons. The third-order valence-electron chi connectivity index (χ3n) is 4.16. The van der Waals surface area contributed by atoms with E-state index in [1.54, 1.807) is 11.3 Å². The third-order valence-corrected chi connectivity index (χ3v) is 5.26. The number of nitrogens with one attached hydrogen (secondary N) is 1. The van der Waals surface area contributed by atoms with Gasteiger partial charge in [0.15, 0.2) is 11.5 Å². The molecule has 0 atom stereocenters. The summed E-state index contributed by atoms with van der Waals surface area (Å²) in [6.07, 6.45) is 2.91. The lowest BCUT2D eigenvalue weighted by Crippen LogP contribution is -2.11. The molecule has 0 saturated carbocycles. The van der Waals surface area contributed by atoms with Gasteiger partial charge in [0.05, 0.1) is 28.4 Å². The molecule has 0 aliphatic carbocycles. The van der Waals surface area contributed by atoms with E-state index in [1.165, 1.54) is 4.70 Å². The van der Waals surface area contributed by atoms with Gasteiger partial charge in [-0.2, -0.15) is 0 Å². The van der Waals surface area contributed by atoms with E-state index in [1.807, 2.05) is 36.4 Å². The van der Waals surface area contributed by atoms with Crippen LogP contribution in [0.5, 0.6) is 11.5 Å². The van der Waals surface area contributed by atoms with Crippen LogP contribution in [-0.2, 0) is 11.2 Å². The Bertz CT molecular complexity index is 889. The van der Waals surface area contributed by atoms with E-state index in [0.717, 1.165) is 41.2 Å². The largest absolute Gasteiger partial charge is 0.490 e. The molecule has 6 heteroatoms. The average Bonchev–Trinajstić information content (AvgIpc) is 2.91. The molecule has 1 amide bonds. The summed E-state index contributed by atoms with van der Waals surface area (Å²) >= 11 is 1.70. The molecule has 2 aromatic carbocycles. The average molecular weight is 368 g/mol. The molecule has 5 nitrogen and oxygen atoms in total. The summed E-state index contributed by atoms with van der Waals surface area (Å²) in [5.41, 5.74) is 1.77. The predicted molar refractivity (Wildman–Crippen MR) is 103 cm³/mol. The van der Waals surface area contributed by atoms with Crippen molar-refractivity contribution in [2.45, 2.75) is 25.7 Å². The third kappa shape index (κ3) is 3.96. The van der Waals surface area contributed by atoms with Gasteiger partial charge in [0, 0.05) is 24.6 Å². The standard InChI is InChI=1S/C20H20N2O3S/c23-19(7-3-8-20-22-15-5-1-2-6-18(15)26-20)21-14-9-10-16-17(13-14)25-12-4-11-24-16/h1-2,5-6,9-10,13H,3-4,7-8,11-12H2,(H,21,23). The molecule has 0 bridgehead atoms. The van der Waals surface area contributed by atoms with E-state index in [-0.39, 0.29) is 5.91 Å². The SMILES string of the molecule is O=C(CCCc1nc2ccccc2s1)Nc1ccc2c(c1)OCCCO2. The summed E-state index contributed by atoms with van der Waals surface area (Å²) in [4.78, 5) is 16.8. The molecule has 134 valence electrons. The van der Waals surface area contributed by atoms with Gasteiger partial charge in [0.1, 0.15) is 0 Å². The van der Waals surface area contributed by atoms with Gasteiger partial charge < -0.3 is 14.8 Å². The number of carbonyl (C=O) groups is 1. The fourth-order valence-corrected chi connectivity index (χ4v) is 3.90. The number of thiazole rings is 1. The number of aryl methyl sites for hydroxylation is 1. The minimum Gasteiger partial charge on any atom is -0.490 e. The topological polar surface area (TPSA) is 60.5 Å². The second-order valence-corrected chi connectivity index (χ2v) is 7.30. The van der Waals surface area contributed by atoms with Crippen molar-refractivity contribution in [3.63, 3.8) is 0 Å². The molecule has 1 aliphatic heterocycles.